The van der Waals surface area contributed by atoms with Crippen LogP contribution in [0.1, 0.15) is 21.7 Å². The second kappa shape index (κ2) is 8.34. The van der Waals surface area contributed by atoms with E-state index < -0.39 is 11.9 Å². The highest BCUT2D eigenvalue weighted by Gasteiger charge is 2.22. The minimum Gasteiger partial charge on any atom is -0.439 e. The molecule has 1 amide bonds. The number of carbonyl (C=O) groups excluding carboxylic acids is 1. The van der Waals surface area contributed by atoms with Crippen molar-refractivity contribution >= 4 is 29.1 Å². The first-order chi connectivity index (χ1) is 13.3. The molecule has 3 rings (SSSR count). The van der Waals surface area contributed by atoms with Gasteiger partial charge in [0.2, 0.25) is 5.22 Å². The number of benzene rings is 1. The summed E-state index contributed by atoms with van der Waals surface area (Å²) in [5, 5.41) is 7.25. The van der Waals surface area contributed by atoms with E-state index in [-0.39, 0.29) is 23.3 Å². The molecule has 2 aromatic heterocycles. The molecule has 6 nitrogen and oxygen atoms in total. The number of halogens is 3. The SMILES string of the molecule is Cc1ccc(C[C@@H](CN)NC(=O)c2cc(-c3c(Cl)cnn3C)c(Cl)o2)cc1F. The molecule has 0 unspecified atom stereocenters. The number of rotatable bonds is 6. The van der Waals surface area contributed by atoms with Gasteiger partial charge in [-0.15, -0.1) is 0 Å². The van der Waals surface area contributed by atoms with Crippen LogP contribution in [-0.2, 0) is 13.5 Å². The lowest BCUT2D eigenvalue weighted by atomic mass is 10.0. The van der Waals surface area contributed by atoms with Crippen LogP contribution in [0.2, 0.25) is 10.2 Å². The number of nitrogens with two attached hydrogens (primary N) is 1. The Balaban J connectivity index is 1.76. The number of aryl methyl sites for hydroxylation is 2. The maximum Gasteiger partial charge on any atom is 0.287 e. The van der Waals surface area contributed by atoms with Gasteiger partial charge < -0.3 is 15.5 Å². The van der Waals surface area contributed by atoms with Crippen molar-refractivity contribution in [3.05, 3.63) is 63.4 Å². The molecule has 0 spiro atoms. The Bertz CT molecular complexity index is 996. The van der Waals surface area contributed by atoms with Crippen LogP contribution < -0.4 is 11.1 Å². The van der Waals surface area contributed by atoms with Gasteiger partial charge in [-0.25, -0.2) is 4.39 Å². The highest BCUT2D eigenvalue weighted by Crippen LogP contribution is 2.35. The normalized spacial score (nSPS) is 12.2. The zero-order valence-electron chi connectivity index (χ0n) is 15.3. The van der Waals surface area contributed by atoms with E-state index in [1.165, 1.54) is 23.0 Å². The van der Waals surface area contributed by atoms with Gasteiger partial charge in [0.05, 0.1) is 22.5 Å². The minimum atomic E-state index is -0.477. The maximum absolute atomic E-state index is 13.7. The van der Waals surface area contributed by atoms with E-state index in [1.807, 2.05) is 0 Å². The highest BCUT2D eigenvalue weighted by atomic mass is 35.5. The quantitative estimate of drug-likeness (QED) is 0.630. The van der Waals surface area contributed by atoms with Crippen LogP contribution in [0.15, 0.2) is 34.9 Å². The molecule has 0 aliphatic rings. The van der Waals surface area contributed by atoms with Gasteiger partial charge in [0, 0.05) is 25.7 Å². The third kappa shape index (κ3) is 4.22. The van der Waals surface area contributed by atoms with Gasteiger partial charge in [-0.05, 0) is 42.1 Å². The molecular weight excluding hydrogens is 406 g/mol. The summed E-state index contributed by atoms with van der Waals surface area (Å²) in [6.07, 6.45) is 1.86. The zero-order chi connectivity index (χ0) is 20.4. The number of nitrogens with one attached hydrogen (secondary N) is 1. The van der Waals surface area contributed by atoms with E-state index in [0.717, 1.165) is 5.56 Å². The first-order valence-electron chi connectivity index (χ1n) is 8.53. The molecule has 0 saturated heterocycles. The van der Waals surface area contributed by atoms with Gasteiger partial charge in [0.1, 0.15) is 5.82 Å². The number of aromatic nitrogens is 2. The molecule has 0 aliphatic heterocycles. The number of nitrogens with zero attached hydrogens (tertiary/aromatic N) is 2. The summed E-state index contributed by atoms with van der Waals surface area (Å²) in [5.74, 6) is -0.754. The van der Waals surface area contributed by atoms with Crippen molar-refractivity contribution < 1.29 is 13.6 Å². The predicted octanol–water partition coefficient (Wildman–Crippen LogP) is 3.73. The molecular formula is C19H19Cl2FN4O2. The highest BCUT2D eigenvalue weighted by molar-refractivity contribution is 6.35. The number of hydrogen-bond donors (Lipinski definition) is 2. The maximum atomic E-state index is 13.7. The molecule has 0 saturated carbocycles. The molecule has 1 atom stereocenters. The van der Waals surface area contributed by atoms with Crippen LogP contribution in [0, 0.1) is 12.7 Å². The Morgan fingerprint density at radius 3 is 2.75 bits per heavy atom. The average molecular weight is 425 g/mol. The fraction of sp³-hybridized carbons (Fsp3) is 0.263. The molecule has 1 aromatic carbocycles. The summed E-state index contributed by atoms with van der Waals surface area (Å²) < 4.78 is 20.7. The third-order valence-electron chi connectivity index (χ3n) is 4.40. The average Bonchev–Trinajstić information content (AvgIpc) is 3.19. The molecule has 3 aromatic rings. The molecule has 148 valence electrons. The lowest BCUT2D eigenvalue weighted by Crippen LogP contribution is -2.41. The van der Waals surface area contributed by atoms with Crippen molar-refractivity contribution in [2.24, 2.45) is 12.8 Å². The molecule has 0 fully saturated rings. The summed E-state index contributed by atoms with van der Waals surface area (Å²) in [6.45, 7) is 1.87. The second-order valence-electron chi connectivity index (χ2n) is 6.46. The van der Waals surface area contributed by atoms with Crippen LogP contribution in [-0.4, -0.2) is 28.3 Å². The first-order valence-corrected chi connectivity index (χ1v) is 9.29. The van der Waals surface area contributed by atoms with Gasteiger partial charge in [0.15, 0.2) is 5.76 Å². The van der Waals surface area contributed by atoms with E-state index >= 15 is 0 Å². The van der Waals surface area contributed by atoms with Crippen molar-refractivity contribution in [2.75, 3.05) is 6.54 Å². The number of carbonyl (C=O) groups is 1. The second-order valence-corrected chi connectivity index (χ2v) is 7.21. The van der Waals surface area contributed by atoms with Crippen molar-refractivity contribution in [3.8, 4) is 11.3 Å². The van der Waals surface area contributed by atoms with Crippen molar-refractivity contribution in [1.82, 2.24) is 15.1 Å². The van der Waals surface area contributed by atoms with Crippen LogP contribution in [0.25, 0.3) is 11.3 Å². The monoisotopic (exact) mass is 424 g/mol. The molecule has 0 radical (unpaired) electrons. The molecule has 0 bridgehead atoms. The summed E-state index contributed by atoms with van der Waals surface area (Å²) in [7, 11) is 1.70. The summed E-state index contributed by atoms with van der Waals surface area (Å²) >= 11 is 12.3. The third-order valence-corrected chi connectivity index (χ3v) is 4.96. The van der Waals surface area contributed by atoms with Crippen LogP contribution >= 0.6 is 23.2 Å². The fourth-order valence-electron chi connectivity index (χ4n) is 2.85. The van der Waals surface area contributed by atoms with E-state index in [0.29, 0.717) is 28.3 Å². The van der Waals surface area contributed by atoms with E-state index in [4.69, 9.17) is 33.4 Å². The minimum absolute atomic E-state index is 0.0193. The standard InChI is InChI=1S/C19H19Cl2FN4O2/c1-10-3-4-11(6-15(10)22)5-12(8-23)25-19(27)16-7-13(18(21)28-16)17-14(20)9-24-26(17)2/h3-4,6-7,9,12H,5,8,23H2,1-2H3,(H,25,27)/t12-/m0/s1. The number of furan rings is 1. The topological polar surface area (TPSA) is 86.1 Å². The first kappa shape index (κ1) is 20.4. The lowest BCUT2D eigenvalue weighted by Gasteiger charge is -2.16. The Kier molecular flexibility index (Phi) is 6.07. The Hall–Kier alpha value is -2.35. The molecule has 9 heteroatoms. The fourth-order valence-corrected chi connectivity index (χ4v) is 3.35. The molecule has 0 aliphatic carbocycles. The van der Waals surface area contributed by atoms with Crippen molar-refractivity contribution in [3.63, 3.8) is 0 Å². The molecule has 3 N–H and O–H groups in total. The smallest absolute Gasteiger partial charge is 0.287 e. The van der Waals surface area contributed by atoms with Crippen molar-refractivity contribution in [2.45, 2.75) is 19.4 Å². The van der Waals surface area contributed by atoms with Gasteiger partial charge in [0.25, 0.3) is 5.91 Å². The Morgan fingerprint density at radius 2 is 2.14 bits per heavy atom. The number of amides is 1. The zero-order valence-corrected chi connectivity index (χ0v) is 16.8. The van der Waals surface area contributed by atoms with Gasteiger partial charge in [-0.1, -0.05) is 23.7 Å². The number of hydrogen-bond acceptors (Lipinski definition) is 4. The van der Waals surface area contributed by atoms with E-state index in [2.05, 4.69) is 10.4 Å². The van der Waals surface area contributed by atoms with Crippen LogP contribution in [0.5, 0.6) is 0 Å². The summed E-state index contributed by atoms with van der Waals surface area (Å²) in [5.41, 5.74) is 8.07. The van der Waals surface area contributed by atoms with E-state index in [9.17, 15) is 9.18 Å². The summed E-state index contributed by atoms with van der Waals surface area (Å²) in [6, 6.07) is 6.04. The van der Waals surface area contributed by atoms with Gasteiger partial charge >= 0.3 is 0 Å². The van der Waals surface area contributed by atoms with E-state index in [1.54, 1.807) is 26.1 Å². The summed E-state index contributed by atoms with van der Waals surface area (Å²) in [4.78, 5) is 12.6. The predicted molar refractivity (Wildman–Crippen MR) is 106 cm³/mol. The van der Waals surface area contributed by atoms with Gasteiger partial charge in [-0.2, -0.15) is 5.10 Å². The molecule has 28 heavy (non-hydrogen) atoms. The van der Waals surface area contributed by atoms with Crippen molar-refractivity contribution in [1.29, 1.82) is 0 Å². The lowest BCUT2D eigenvalue weighted by molar-refractivity contribution is 0.0910. The largest absolute Gasteiger partial charge is 0.439 e. The Morgan fingerprint density at radius 1 is 1.39 bits per heavy atom. The van der Waals surface area contributed by atoms with Crippen LogP contribution in [0.4, 0.5) is 4.39 Å². The Labute approximate surface area is 171 Å². The van der Waals surface area contributed by atoms with Crippen LogP contribution in [0.3, 0.4) is 0 Å². The van der Waals surface area contributed by atoms with Gasteiger partial charge in [-0.3, -0.25) is 9.48 Å². The molecule has 2 heterocycles.